The van der Waals surface area contributed by atoms with Crippen molar-refractivity contribution in [3.05, 3.63) is 47.5 Å². The molecule has 8 heteroatoms. The van der Waals surface area contributed by atoms with E-state index in [4.69, 9.17) is 28.4 Å². The van der Waals surface area contributed by atoms with Gasteiger partial charge in [0.15, 0.2) is 23.0 Å². The Labute approximate surface area is 188 Å². The van der Waals surface area contributed by atoms with Gasteiger partial charge in [-0.25, -0.2) is 0 Å². The van der Waals surface area contributed by atoms with E-state index in [0.29, 0.717) is 23.0 Å². The van der Waals surface area contributed by atoms with E-state index < -0.39 is 23.8 Å². The van der Waals surface area contributed by atoms with Gasteiger partial charge in [-0.15, -0.1) is 0 Å². The first-order valence-corrected chi connectivity index (χ1v) is 9.99. The minimum absolute atomic E-state index is 0.250. The number of methoxy groups -OCH3 is 6. The summed E-state index contributed by atoms with van der Waals surface area (Å²) < 4.78 is 31.3. The first kappa shape index (κ1) is 24.8. The molecule has 0 spiro atoms. The molecule has 0 aliphatic heterocycles. The maximum Gasteiger partial charge on any atom is 0.309 e. The van der Waals surface area contributed by atoms with E-state index in [1.165, 1.54) is 28.4 Å². The normalized spacial score (nSPS) is 12.3. The number of hydrogen-bond acceptors (Lipinski definition) is 8. The fourth-order valence-electron chi connectivity index (χ4n) is 3.61. The topological polar surface area (TPSA) is 89.5 Å². The van der Waals surface area contributed by atoms with Gasteiger partial charge >= 0.3 is 11.9 Å². The molecule has 32 heavy (non-hydrogen) atoms. The Morgan fingerprint density at radius 2 is 0.938 bits per heavy atom. The highest BCUT2D eigenvalue weighted by molar-refractivity contribution is 5.82. The summed E-state index contributed by atoms with van der Waals surface area (Å²) in [5, 5.41) is 0. The second-order valence-electron chi connectivity index (χ2n) is 7.05. The molecule has 0 aliphatic rings. The molecule has 0 aromatic heterocycles. The standard InChI is InChI=1S/C24H30O8/c1-27-19-9-7-15(13-21(19)29-3)11-17(23(25)31-5)18(24(26)32-6)12-16-8-10-20(28-2)22(14-16)30-4/h7-10,13-14,17-18H,11-12H2,1-6H3. The van der Waals surface area contributed by atoms with Gasteiger partial charge in [-0.05, 0) is 48.2 Å². The average Bonchev–Trinajstić information content (AvgIpc) is 2.84. The summed E-state index contributed by atoms with van der Waals surface area (Å²) in [6.07, 6.45) is 0.500. The van der Waals surface area contributed by atoms with Crippen molar-refractivity contribution in [1.82, 2.24) is 0 Å². The lowest BCUT2D eigenvalue weighted by molar-refractivity contribution is -0.157. The van der Waals surface area contributed by atoms with Crippen molar-refractivity contribution in [2.24, 2.45) is 11.8 Å². The van der Waals surface area contributed by atoms with E-state index in [1.807, 2.05) is 12.1 Å². The van der Waals surface area contributed by atoms with Crippen LogP contribution in [-0.2, 0) is 31.9 Å². The molecule has 0 N–H and O–H groups in total. The van der Waals surface area contributed by atoms with Gasteiger partial charge in [0.05, 0.1) is 54.5 Å². The van der Waals surface area contributed by atoms with Crippen LogP contribution >= 0.6 is 0 Å². The Morgan fingerprint density at radius 3 is 1.22 bits per heavy atom. The summed E-state index contributed by atoms with van der Waals surface area (Å²) in [5.74, 6) is -0.365. The Kier molecular flexibility index (Phi) is 9.19. The minimum atomic E-state index is -0.779. The van der Waals surface area contributed by atoms with Crippen LogP contribution in [0.15, 0.2) is 36.4 Å². The molecule has 174 valence electrons. The Hall–Kier alpha value is -3.42. The largest absolute Gasteiger partial charge is 0.493 e. The maximum absolute atomic E-state index is 12.7. The van der Waals surface area contributed by atoms with E-state index in [9.17, 15) is 9.59 Å². The molecule has 2 unspecified atom stereocenters. The lowest BCUT2D eigenvalue weighted by Crippen LogP contribution is -2.34. The third-order valence-electron chi connectivity index (χ3n) is 5.30. The van der Waals surface area contributed by atoms with Crippen molar-refractivity contribution in [2.75, 3.05) is 42.7 Å². The SMILES string of the molecule is COC(=O)C(Cc1ccc(OC)c(OC)c1)C(Cc1ccc(OC)c(OC)c1)C(=O)OC. The van der Waals surface area contributed by atoms with Crippen LogP contribution in [0.5, 0.6) is 23.0 Å². The Bertz CT molecular complexity index is 849. The molecule has 0 bridgehead atoms. The van der Waals surface area contributed by atoms with E-state index >= 15 is 0 Å². The van der Waals surface area contributed by atoms with Gasteiger partial charge in [0.1, 0.15) is 0 Å². The minimum Gasteiger partial charge on any atom is -0.493 e. The van der Waals surface area contributed by atoms with Crippen LogP contribution in [0, 0.1) is 11.8 Å². The zero-order chi connectivity index (χ0) is 23.7. The molecule has 2 atom stereocenters. The van der Waals surface area contributed by atoms with Crippen LogP contribution in [0.4, 0.5) is 0 Å². The predicted octanol–water partition coefficient (Wildman–Crippen LogP) is 3.08. The molecule has 0 aliphatic carbocycles. The molecule has 0 heterocycles. The van der Waals surface area contributed by atoms with Gasteiger partial charge in [0.2, 0.25) is 0 Å². The van der Waals surface area contributed by atoms with Crippen molar-refractivity contribution in [1.29, 1.82) is 0 Å². The van der Waals surface area contributed by atoms with Crippen LogP contribution < -0.4 is 18.9 Å². The van der Waals surface area contributed by atoms with Gasteiger partial charge in [-0.3, -0.25) is 9.59 Å². The van der Waals surface area contributed by atoms with Crippen molar-refractivity contribution < 1.29 is 38.0 Å². The molecule has 2 aromatic carbocycles. The maximum atomic E-state index is 12.7. The molecule has 2 rings (SSSR count). The van der Waals surface area contributed by atoms with Crippen LogP contribution in [0.3, 0.4) is 0 Å². The third kappa shape index (κ3) is 5.84. The first-order chi connectivity index (χ1) is 15.4. The van der Waals surface area contributed by atoms with E-state index in [0.717, 1.165) is 11.1 Å². The Balaban J connectivity index is 2.41. The molecular formula is C24H30O8. The van der Waals surface area contributed by atoms with E-state index in [1.54, 1.807) is 38.5 Å². The van der Waals surface area contributed by atoms with Crippen molar-refractivity contribution in [2.45, 2.75) is 12.8 Å². The number of carbonyl (C=O) groups excluding carboxylic acids is 2. The number of esters is 2. The van der Waals surface area contributed by atoms with Gasteiger partial charge in [-0.1, -0.05) is 12.1 Å². The van der Waals surface area contributed by atoms with Crippen LogP contribution in [0.2, 0.25) is 0 Å². The summed E-state index contributed by atoms with van der Waals surface area (Å²) >= 11 is 0. The molecule has 0 saturated heterocycles. The highest BCUT2D eigenvalue weighted by atomic mass is 16.5. The first-order valence-electron chi connectivity index (χ1n) is 9.99. The van der Waals surface area contributed by atoms with Crippen LogP contribution in [0.25, 0.3) is 0 Å². The monoisotopic (exact) mass is 446 g/mol. The second kappa shape index (κ2) is 11.8. The molecule has 0 radical (unpaired) electrons. The fraction of sp³-hybridized carbons (Fsp3) is 0.417. The summed E-state index contributed by atoms with van der Waals surface area (Å²) in [7, 11) is 8.77. The highest BCUT2D eigenvalue weighted by Crippen LogP contribution is 2.33. The third-order valence-corrected chi connectivity index (χ3v) is 5.30. The second-order valence-corrected chi connectivity index (χ2v) is 7.05. The summed E-state index contributed by atoms with van der Waals surface area (Å²) in [5.41, 5.74) is 1.58. The quantitative estimate of drug-likeness (QED) is 0.487. The zero-order valence-electron chi connectivity index (χ0n) is 19.3. The molecular weight excluding hydrogens is 416 g/mol. The number of benzene rings is 2. The number of hydrogen-bond donors (Lipinski definition) is 0. The number of rotatable bonds is 11. The van der Waals surface area contributed by atoms with Gasteiger partial charge in [0, 0.05) is 0 Å². The Morgan fingerprint density at radius 1 is 0.594 bits per heavy atom. The molecule has 0 saturated carbocycles. The predicted molar refractivity (Wildman–Crippen MR) is 118 cm³/mol. The van der Waals surface area contributed by atoms with Gasteiger partial charge < -0.3 is 28.4 Å². The van der Waals surface area contributed by atoms with Crippen LogP contribution in [0.1, 0.15) is 11.1 Å². The van der Waals surface area contributed by atoms with Crippen molar-refractivity contribution in [3.63, 3.8) is 0 Å². The smallest absolute Gasteiger partial charge is 0.309 e. The lowest BCUT2D eigenvalue weighted by Gasteiger charge is -2.24. The average molecular weight is 446 g/mol. The fourth-order valence-corrected chi connectivity index (χ4v) is 3.61. The zero-order valence-corrected chi connectivity index (χ0v) is 19.3. The molecule has 2 aromatic rings. The molecule has 8 nitrogen and oxygen atoms in total. The lowest BCUT2D eigenvalue weighted by atomic mass is 9.82. The molecule has 0 amide bonds. The van der Waals surface area contributed by atoms with Gasteiger partial charge in [-0.2, -0.15) is 0 Å². The summed E-state index contributed by atoms with van der Waals surface area (Å²) in [4.78, 5) is 25.5. The summed E-state index contributed by atoms with van der Waals surface area (Å²) in [6, 6.07) is 10.7. The van der Waals surface area contributed by atoms with E-state index in [2.05, 4.69) is 0 Å². The highest BCUT2D eigenvalue weighted by Gasteiger charge is 2.36. The number of carbonyl (C=O) groups is 2. The molecule has 0 fully saturated rings. The van der Waals surface area contributed by atoms with Gasteiger partial charge in [0.25, 0.3) is 0 Å². The summed E-state index contributed by atoms with van der Waals surface area (Å²) in [6.45, 7) is 0. The van der Waals surface area contributed by atoms with E-state index in [-0.39, 0.29) is 12.8 Å². The number of ether oxygens (including phenoxy) is 6. The van der Waals surface area contributed by atoms with Crippen molar-refractivity contribution in [3.8, 4) is 23.0 Å². The van der Waals surface area contributed by atoms with Crippen molar-refractivity contribution >= 4 is 11.9 Å². The van der Waals surface area contributed by atoms with Crippen LogP contribution in [-0.4, -0.2) is 54.6 Å².